The fourth-order valence-electron chi connectivity index (χ4n) is 0.657. The lowest BCUT2D eigenvalue weighted by Crippen LogP contribution is -2.35. The van der Waals surface area contributed by atoms with Crippen molar-refractivity contribution in [3.63, 3.8) is 0 Å². The van der Waals surface area contributed by atoms with Crippen LogP contribution in [0.25, 0.3) is 0 Å². The van der Waals surface area contributed by atoms with Gasteiger partial charge in [0.1, 0.15) is 13.2 Å². The molecule has 6 nitrogen and oxygen atoms in total. The second kappa shape index (κ2) is 7.36. The van der Waals surface area contributed by atoms with Gasteiger partial charge >= 0.3 is 5.97 Å². The van der Waals surface area contributed by atoms with E-state index in [0.29, 0.717) is 6.54 Å². The third-order valence-electron chi connectivity index (χ3n) is 1.61. The molecule has 0 bridgehead atoms. The van der Waals surface area contributed by atoms with Crippen molar-refractivity contribution in [1.82, 2.24) is 5.32 Å². The molecule has 0 aliphatic rings. The zero-order valence-electron chi connectivity index (χ0n) is 8.69. The lowest BCUT2D eigenvalue weighted by molar-refractivity contribution is -0.143. The lowest BCUT2D eigenvalue weighted by Gasteiger charge is -2.09. The van der Waals surface area contributed by atoms with E-state index in [-0.39, 0.29) is 11.9 Å². The Bertz CT molecular complexity index is 255. The van der Waals surface area contributed by atoms with E-state index in [1.165, 1.54) is 0 Å². The van der Waals surface area contributed by atoms with Gasteiger partial charge in [-0.3, -0.25) is 9.00 Å². The highest BCUT2D eigenvalue weighted by atomic mass is 32.2. The minimum absolute atomic E-state index is 0.131. The Morgan fingerprint density at radius 2 is 2.07 bits per heavy atom. The smallest absolute Gasteiger partial charge is 0.329 e. The van der Waals surface area contributed by atoms with E-state index < -0.39 is 29.3 Å². The summed E-state index contributed by atoms with van der Waals surface area (Å²) in [5.74, 6) is -1.53. The number of hydrogen-bond acceptors (Lipinski definition) is 4. The van der Waals surface area contributed by atoms with Crippen molar-refractivity contribution in [3.8, 4) is 0 Å². The summed E-state index contributed by atoms with van der Waals surface area (Å²) >= 11 is 0. The highest BCUT2D eigenvalue weighted by Gasteiger charge is 2.08. The summed E-state index contributed by atoms with van der Waals surface area (Å²) in [5.41, 5.74) is 0. The third-order valence-corrected chi connectivity index (χ3v) is 2.91. The molecule has 2 unspecified atom stereocenters. The summed E-state index contributed by atoms with van der Waals surface area (Å²) in [6.45, 7) is 1.24. The molecular formula is C8H15NO5S. The number of carbonyl (C=O) groups is 2. The van der Waals surface area contributed by atoms with Gasteiger partial charge in [0.15, 0.2) is 0 Å². The van der Waals surface area contributed by atoms with E-state index in [4.69, 9.17) is 5.11 Å². The van der Waals surface area contributed by atoms with E-state index in [0.717, 1.165) is 0 Å². The van der Waals surface area contributed by atoms with Gasteiger partial charge < -0.3 is 15.2 Å². The van der Waals surface area contributed by atoms with Gasteiger partial charge in [-0.15, -0.1) is 0 Å². The Morgan fingerprint density at radius 3 is 2.53 bits per heavy atom. The van der Waals surface area contributed by atoms with E-state index in [2.05, 4.69) is 10.1 Å². The van der Waals surface area contributed by atoms with Crippen molar-refractivity contribution in [2.75, 3.05) is 26.0 Å². The quantitative estimate of drug-likeness (QED) is 0.590. The normalized spacial score (nSPS) is 14.3. The van der Waals surface area contributed by atoms with Crippen molar-refractivity contribution >= 4 is 22.7 Å². The van der Waals surface area contributed by atoms with Crippen LogP contribution in [-0.4, -0.2) is 52.5 Å². The first-order valence-electron chi connectivity index (χ1n) is 4.32. The molecule has 0 saturated carbocycles. The number of hydrogen-bond donors (Lipinski definition) is 2. The van der Waals surface area contributed by atoms with Crippen molar-refractivity contribution in [1.29, 1.82) is 0 Å². The molecule has 2 N–H and O–H groups in total. The van der Waals surface area contributed by atoms with Crippen LogP contribution >= 0.6 is 0 Å². The number of ether oxygens (including phenoxy) is 1. The number of aliphatic carboxylic acids is 1. The molecule has 0 heterocycles. The van der Waals surface area contributed by atoms with E-state index in [1.54, 1.807) is 13.2 Å². The summed E-state index contributed by atoms with van der Waals surface area (Å²) < 4.78 is 15.5. The highest BCUT2D eigenvalue weighted by Crippen LogP contribution is 1.89. The molecule has 0 aliphatic heterocycles. The van der Waals surface area contributed by atoms with Crippen LogP contribution in [0.2, 0.25) is 0 Å². The van der Waals surface area contributed by atoms with Gasteiger partial charge in [-0.1, -0.05) is 0 Å². The van der Waals surface area contributed by atoms with Crippen LogP contribution in [0.5, 0.6) is 0 Å². The predicted octanol–water partition coefficient (Wildman–Crippen LogP) is -1.03. The monoisotopic (exact) mass is 237 g/mol. The van der Waals surface area contributed by atoms with Gasteiger partial charge in [0.2, 0.25) is 5.91 Å². The summed E-state index contributed by atoms with van der Waals surface area (Å²) in [6.07, 6.45) is 1.55. The molecule has 0 aromatic rings. The number of amides is 1. The molecule has 7 heteroatoms. The fraction of sp³-hybridized carbons (Fsp3) is 0.750. The Morgan fingerprint density at radius 1 is 1.47 bits per heavy atom. The molecule has 0 radical (unpaired) electrons. The van der Waals surface area contributed by atoms with Crippen molar-refractivity contribution in [2.24, 2.45) is 0 Å². The minimum Gasteiger partial charge on any atom is -0.480 e. The van der Waals surface area contributed by atoms with Crippen LogP contribution in [0, 0.1) is 0 Å². The second-order valence-electron chi connectivity index (χ2n) is 3.00. The average Bonchev–Trinajstić information content (AvgIpc) is 2.13. The number of rotatable bonds is 7. The van der Waals surface area contributed by atoms with Gasteiger partial charge in [-0.2, -0.15) is 0 Å². The van der Waals surface area contributed by atoms with Crippen LogP contribution in [0.1, 0.15) is 6.92 Å². The summed E-state index contributed by atoms with van der Waals surface area (Å²) in [5, 5.41) is 10.6. The Kier molecular flexibility index (Phi) is 6.89. The molecule has 0 saturated heterocycles. The van der Waals surface area contributed by atoms with Crippen LogP contribution in [-0.2, 0) is 25.1 Å². The first kappa shape index (κ1) is 14.1. The molecule has 0 spiro atoms. The van der Waals surface area contributed by atoms with E-state index in [9.17, 15) is 13.8 Å². The molecule has 0 aromatic carbocycles. The summed E-state index contributed by atoms with van der Waals surface area (Å²) in [7, 11) is -0.989. The Labute approximate surface area is 90.4 Å². The van der Waals surface area contributed by atoms with Gasteiger partial charge in [-0.05, 0) is 6.92 Å². The van der Waals surface area contributed by atoms with Crippen molar-refractivity contribution in [3.05, 3.63) is 0 Å². The number of nitrogens with one attached hydrogen (secondary N) is 1. The molecule has 0 fully saturated rings. The van der Waals surface area contributed by atoms with Gasteiger partial charge in [-0.25, -0.2) is 4.79 Å². The van der Waals surface area contributed by atoms with Gasteiger partial charge in [0.25, 0.3) is 0 Å². The van der Waals surface area contributed by atoms with E-state index in [1.807, 2.05) is 0 Å². The molecule has 15 heavy (non-hydrogen) atoms. The zero-order chi connectivity index (χ0) is 11.8. The maximum atomic E-state index is 11.0. The third kappa shape index (κ3) is 8.07. The van der Waals surface area contributed by atoms with Crippen LogP contribution in [0.3, 0.4) is 0 Å². The standard InChI is InChI=1S/C8H15NO5S/c1-6(15(2)13)3-9-7(10)4-14-5-8(11)12/h6H,3-5H2,1-2H3,(H,9,10)(H,11,12). The first-order chi connectivity index (χ1) is 6.93. The molecule has 0 aliphatic carbocycles. The summed E-state index contributed by atoms with van der Waals surface area (Å²) in [6, 6.07) is 0. The van der Waals surface area contributed by atoms with Crippen molar-refractivity contribution < 1.29 is 23.6 Å². The van der Waals surface area contributed by atoms with Crippen LogP contribution in [0.4, 0.5) is 0 Å². The molecule has 0 aromatic heterocycles. The number of carbonyl (C=O) groups excluding carboxylic acids is 1. The molecule has 88 valence electrons. The second-order valence-corrected chi connectivity index (χ2v) is 4.80. The predicted molar refractivity (Wildman–Crippen MR) is 55.0 cm³/mol. The maximum absolute atomic E-state index is 11.0. The van der Waals surface area contributed by atoms with Crippen LogP contribution < -0.4 is 5.32 Å². The topological polar surface area (TPSA) is 92.7 Å². The van der Waals surface area contributed by atoms with Crippen LogP contribution in [0.15, 0.2) is 0 Å². The number of carboxylic acid groups (broad SMARTS) is 1. The molecular weight excluding hydrogens is 222 g/mol. The van der Waals surface area contributed by atoms with Crippen molar-refractivity contribution in [2.45, 2.75) is 12.2 Å². The largest absolute Gasteiger partial charge is 0.480 e. The van der Waals surface area contributed by atoms with E-state index >= 15 is 0 Å². The number of carboxylic acids is 1. The van der Waals surface area contributed by atoms with Gasteiger partial charge in [0.05, 0.1) is 0 Å². The maximum Gasteiger partial charge on any atom is 0.329 e. The molecule has 2 atom stereocenters. The average molecular weight is 237 g/mol. The summed E-state index contributed by atoms with van der Waals surface area (Å²) in [4.78, 5) is 21.1. The highest BCUT2D eigenvalue weighted by molar-refractivity contribution is 7.84. The molecule has 0 rings (SSSR count). The lowest BCUT2D eigenvalue weighted by atomic mass is 10.4. The Hall–Kier alpha value is -0.950. The fourth-order valence-corrected chi connectivity index (χ4v) is 0.975. The molecule has 1 amide bonds. The first-order valence-corrected chi connectivity index (χ1v) is 5.94. The zero-order valence-corrected chi connectivity index (χ0v) is 9.50. The van der Waals surface area contributed by atoms with Gasteiger partial charge in [0, 0.05) is 28.9 Å². The Balaban J connectivity index is 3.57. The SMILES string of the molecule is CC(CNC(=O)COCC(=O)O)S(C)=O. The minimum atomic E-state index is -1.12.